The summed E-state index contributed by atoms with van der Waals surface area (Å²) in [7, 11) is 0. The van der Waals surface area contributed by atoms with E-state index in [1.165, 1.54) is 23.2 Å². The normalized spacial score (nSPS) is 24.5. The fraction of sp³-hybridized carbons (Fsp3) is 0.441. The van der Waals surface area contributed by atoms with Gasteiger partial charge in [-0.3, -0.25) is 24.7 Å². The van der Waals surface area contributed by atoms with Crippen LogP contribution in [0.4, 0.5) is 10.5 Å². The molecule has 0 aromatic carbocycles. The van der Waals surface area contributed by atoms with E-state index in [2.05, 4.69) is 20.6 Å². The van der Waals surface area contributed by atoms with Crippen molar-refractivity contribution in [1.82, 2.24) is 20.2 Å². The molecule has 0 saturated carbocycles. The van der Waals surface area contributed by atoms with E-state index in [1.54, 1.807) is 57.3 Å². The highest BCUT2D eigenvalue weighted by atomic mass is 16.6. The van der Waals surface area contributed by atoms with E-state index in [-0.39, 0.29) is 55.8 Å². The molecule has 2 bridgehead atoms. The SMILES string of the molecule is CC1=CC(O)CC(=O)Cc2nc(co2)C(=O)N2CCCC2C(=O)OC(C(C)COC(=O)Nc2cccnc2)C(C)/C=C/C(=O)NCC=C1. The standard InChI is InChI=1S/C34H41N5O9/c1-21-7-4-13-36-29(42)11-10-22(2)31(23(3)19-47-34(45)37-24-8-5-12-35-18-24)48-33(44)28-9-6-14-39(28)32(43)27-20-46-30(38-27)17-26(41)16-25(40)15-21/h4-5,7-8,10-12,15,18,20,22-23,25,28,31,40H,6,9,13-14,16-17,19H2,1-3H3,(H,36,42)(H,37,45)/b7-4?,11-10+,21-15?. The summed E-state index contributed by atoms with van der Waals surface area (Å²) in [5.41, 5.74) is 1.08. The number of ketones is 1. The van der Waals surface area contributed by atoms with Crippen LogP contribution in [0.15, 0.2) is 71.2 Å². The second kappa shape index (κ2) is 17.2. The number of esters is 1. The molecular formula is C34H41N5O9. The monoisotopic (exact) mass is 663 g/mol. The Labute approximate surface area is 278 Å². The molecule has 48 heavy (non-hydrogen) atoms. The molecule has 0 spiro atoms. The highest BCUT2D eigenvalue weighted by molar-refractivity contribution is 5.95. The van der Waals surface area contributed by atoms with E-state index < -0.39 is 48.1 Å². The third kappa shape index (κ3) is 10.5. The number of ether oxygens (including phenoxy) is 2. The van der Waals surface area contributed by atoms with Crippen molar-refractivity contribution in [3.05, 3.63) is 78.3 Å². The van der Waals surface area contributed by atoms with E-state index in [9.17, 15) is 29.1 Å². The minimum absolute atomic E-state index is 0.0191. The average molecular weight is 664 g/mol. The first-order chi connectivity index (χ1) is 23.0. The zero-order valence-corrected chi connectivity index (χ0v) is 27.2. The van der Waals surface area contributed by atoms with Crippen LogP contribution >= 0.6 is 0 Å². The molecule has 3 N–H and O–H groups in total. The molecule has 14 heteroatoms. The molecule has 2 aromatic heterocycles. The van der Waals surface area contributed by atoms with E-state index in [1.807, 2.05) is 0 Å². The Bertz CT molecular complexity index is 1550. The number of carbonyl (C=O) groups excluding carboxylic acids is 5. The van der Waals surface area contributed by atoms with Gasteiger partial charge in [-0.1, -0.05) is 43.7 Å². The second-order valence-electron chi connectivity index (χ2n) is 11.9. The molecule has 4 heterocycles. The number of hydrogen-bond donors (Lipinski definition) is 3. The number of amides is 3. The molecule has 2 aromatic rings. The first kappa shape index (κ1) is 35.7. The van der Waals surface area contributed by atoms with E-state index in [0.717, 1.165) is 6.26 Å². The number of nitrogens with zero attached hydrogens (tertiary/aromatic N) is 3. The Balaban J connectivity index is 1.54. The molecule has 2 aliphatic rings. The minimum Gasteiger partial charge on any atom is -0.460 e. The van der Waals surface area contributed by atoms with Crippen molar-refractivity contribution in [2.75, 3.05) is 25.0 Å². The number of anilines is 1. The number of aromatic nitrogens is 2. The van der Waals surface area contributed by atoms with Gasteiger partial charge < -0.3 is 29.2 Å². The van der Waals surface area contributed by atoms with Crippen molar-refractivity contribution >= 4 is 35.3 Å². The number of hydrogen-bond acceptors (Lipinski definition) is 11. The lowest BCUT2D eigenvalue weighted by Crippen LogP contribution is -2.44. The number of fused-ring (bicyclic) bond motifs is 3. The number of oxazole rings is 1. The molecule has 5 atom stereocenters. The Morgan fingerprint density at radius 3 is 2.83 bits per heavy atom. The summed E-state index contributed by atoms with van der Waals surface area (Å²) in [6.07, 6.45) is 9.93. The lowest BCUT2D eigenvalue weighted by Gasteiger charge is -2.30. The van der Waals surface area contributed by atoms with Gasteiger partial charge in [-0.15, -0.1) is 0 Å². The number of aliphatic hydroxyl groups is 1. The minimum atomic E-state index is -1.05. The number of aliphatic hydroxyl groups excluding tert-OH is 1. The first-order valence-corrected chi connectivity index (χ1v) is 15.8. The zero-order valence-electron chi connectivity index (χ0n) is 27.2. The van der Waals surface area contributed by atoms with Crippen LogP contribution in [0.3, 0.4) is 0 Å². The van der Waals surface area contributed by atoms with Crippen molar-refractivity contribution in [3.63, 3.8) is 0 Å². The molecule has 0 aliphatic carbocycles. The topological polar surface area (TPSA) is 190 Å². The van der Waals surface area contributed by atoms with Gasteiger partial charge in [0.25, 0.3) is 5.91 Å². The molecular weight excluding hydrogens is 622 g/mol. The molecule has 1 saturated heterocycles. The largest absolute Gasteiger partial charge is 0.460 e. The van der Waals surface area contributed by atoms with Crippen LogP contribution in [0.2, 0.25) is 0 Å². The number of carbonyl (C=O) groups is 5. The predicted molar refractivity (Wildman–Crippen MR) is 172 cm³/mol. The van der Waals surface area contributed by atoms with Crippen molar-refractivity contribution in [2.45, 2.75) is 64.7 Å². The van der Waals surface area contributed by atoms with Gasteiger partial charge in [-0.25, -0.2) is 14.6 Å². The lowest BCUT2D eigenvalue weighted by molar-refractivity contribution is -0.159. The summed E-state index contributed by atoms with van der Waals surface area (Å²) in [5, 5.41) is 15.7. The Morgan fingerprint density at radius 1 is 1.25 bits per heavy atom. The Kier molecular flexibility index (Phi) is 12.8. The van der Waals surface area contributed by atoms with E-state index in [4.69, 9.17) is 13.9 Å². The van der Waals surface area contributed by atoms with Crippen LogP contribution < -0.4 is 10.6 Å². The summed E-state index contributed by atoms with van der Waals surface area (Å²) in [6.45, 7) is 5.63. The van der Waals surface area contributed by atoms with Gasteiger partial charge in [0.15, 0.2) is 5.69 Å². The van der Waals surface area contributed by atoms with Crippen LogP contribution in [0, 0.1) is 11.8 Å². The molecule has 2 aliphatic heterocycles. The third-order valence-electron chi connectivity index (χ3n) is 7.84. The molecule has 1 fully saturated rings. The maximum Gasteiger partial charge on any atom is 0.411 e. The molecule has 14 nitrogen and oxygen atoms in total. The maximum absolute atomic E-state index is 13.6. The van der Waals surface area contributed by atoms with Crippen LogP contribution in [-0.2, 0) is 30.3 Å². The average Bonchev–Trinajstić information content (AvgIpc) is 3.73. The summed E-state index contributed by atoms with van der Waals surface area (Å²) in [4.78, 5) is 74.1. The summed E-state index contributed by atoms with van der Waals surface area (Å²) in [6, 6.07) is 2.40. The fourth-order valence-electron chi connectivity index (χ4n) is 5.44. The molecule has 5 unspecified atom stereocenters. The second-order valence-corrected chi connectivity index (χ2v) is 11.9. The lowest BCUT2D eigenvalue weighted by atomic mass is 9.93. The molecule has 3 amide bonds. The van der Waals surface area contributed by atoms with Gasteiger partial charge in [0, 0.05) is 37.5 Å². The summed E-state index contributed by atoms with van der Waals surface area (Å²) < 4.78 is 16.8. The Hall–Kier alpha value is -5.11. The summed E-state index contributed by atoms with van der Waals surface area (Å²) >= 11 is 0. The summed E-state index contributed by atoms with van der Waals surface area (Å²) in [5.74, 6) is -2.92. The van der Waals surface area contributed by atoms with Crippen LogP contribution in [0.25, 0.3) is 0 Å². The number of rotatable bonds is 4. The molecule has 0 radical (unpaired) electrons. The highest BCUT2D eigenvalue weighted by Gasteiger charge is 2.39. The van der Waals surface area contributed by atoms with E-state index >= 15 is 0 Å². The number of cyclic esters (lactones) is 1. The third-order valence-corrected chi connectivity index (χ3v) is 7.84. The van der Waals surface area contributed by atoms with Gasteiger partial charge in [0.1, 0.15) is 24.2 Å². The highest BCUT2D eigenvalue weighted by Crippen LogP contribution is 2.26. The van der Waals surface area contributed by atoms with Gasteiger partial charge in [0.2, 0.25) is 11.8 Å². The number of Topliss-reactive ketones (excluding diaryl/α,β-unsaturated/α-hetero) is 1. The van der Waals surface area contributed by atoms with Gasteiger partial charge in [-0.05, 0) is 38.0 Å². The van der Waals surface area contributed by atoms with Crippen molar-refractivity contribution in [3.8, 4) is 0 Å². The van der Waals surface area contributed by atoms with Crippen LogP contribution in [-0.4, -0.2) is 87.6 Å². The van der Waals surface area contributed by atoms with Gasteiger partial charge in [-0.2, -0.15) is 0 Å². The van der Waals surface area contributed by atoms with Crippen molar-refractivity contribution in [2.24, 2.45) is 11.8 Å². The van der Waals surface area contributed by atoms with E-state index in [0.29, 0.717) is 24.1 Å². The predicted octanol–water partition coefficient (Wildman–Crippen LogP) is 3.16. The Morgan fingerprint density at radius 2 is 2.06 bits per heavy atom. The quantitative estimate of drug-likeness (QED) is 0.408. The van der Waals surface area contributed by atoms with Crippen molar-refractivity contribution in [1.29, 1.82) is 0 Å². The molecule has 256 valence electrons. The van der Waals surface area contributed by atoms with Crippen molar-refractivity contribution < 1.29 is 43.0 Å². The van der Waals surface area contributed by atoms with Gasteiger partial charge in [0.05, 0.1) is 31.0 Å². The van der Waals surface area contributed by atoms with Crippen LogP contribution in [0.5, 0.6) is 0 Å². The molecule has 4 rings (SSSR count). The number of pyridine rings is 1. The number of allylic oxidation sites excluding steroid dienone is 2. The zero-order chi connectivity index (χ0) is 34.6. The van der Waals surface area contributed by atoms with Gasteiger partial charge >= 0.3 is 12.1 Å². The first-order valence-electron chi connectivity index (χ1n) is 15.8. The fourth-order valence-corrected chi connectivity index (χ4v) is 5.44. The maximum atomic E-state index is 13.6. The number of nitrogens with one attached hydrogen (secondary N) is 2. The van der Waals surface area contributed by atoms with Crippen LogP contribution in [0.1, 0.15) is 56.4 Å². The smallest absolute Gasteiger partial charge is 0.411 e.